The highest BCUT2D eigenvalue weighted by atomic mass is 35.5. The van der Waals surface area contributed by atoms with E-state index in [-0.39, 0.29) is 16.3 Å². The van der Waals surface area contributed by atoms with Gasteiger partial charge in [-0.1, -0.05) is 65.1 Å². The van der Waals surface area contributed by atoms with Crippen molar-refractivity contribution < 1.29 is 13.2 Å². The van der Waals surface area contributed by atoms with Crippen LogP contribution in [0.5, 0.6) is 0 Å². The Kier molecular flexibility index (Phi) is 7.39. The molecule has 0 saturated heterocycles. The number of carbonyl (C=O) groups is 1. The third-order valence-corrected chi connectivity index (χ3v) is 6.69. The molecule has 0 fully saturated rings. The van der Waals surface area contributed by atoms with Crippen LogP contribution in [-0.4, -0.2) is 20.4 Å². The van der Waals surface area contributed by atoms with E-state index in [1.165, 1.54) is 30.3 Å². The van der Waals surface area contributed by atoms with Gasteiger partial charge in [-0.05, 0) is 54.4 Å². The van der Waals surface area contributed by atoms with Gasteiger partial charge in [-0.3, -0.25) is 4.79 Å². The fourth-order valence-electron chi connectivity index (χ4n) is 2.71. The van der Waals surface area contributed by atoms with E-state index in [9.17, 15) is 13.2 Å². The lowest BCUT2D eigenvalue weighted by Crippen LogP contribution is -2.45. The second-order valence-electron chi connectivity index (χ2n) is 6.44. The van der Waals surface area contributed by atoms with Gasteiger partial charge in [0.05, 0.1) is 14.9 Å². The number of halogens is 3. The van der Waals surface area contributed by atoms with Crippen LogP contribution in [0, 0.1) is 0 Å². The monoisotopic (exact) mass is 482 g/mol. The first-order valence-electron chi connectivity index (χ1n) is 8.82. The van der Waals surface area contributed by atoms with Crippen molar-refractivity contribution in [3.63, 3.8) is 0 Å². The summed E-state index contributed by atoms with van der Waals surface area (Å²) < 4.78 is 28.1. The van der Waals surface area contributed by atoms with Crippen LogP contribution >= 0.6 is 34.8 Å². The lowest BCUT2D eigenvalue weighted by molar-refractivity contribution is -0.117. The highest BCUT2D eigenvalue weighted by Gasteiger charge is 2.26. The lowest BCUT2D eigenvalue weighted by Gasteiger charge is -2.19. The first-order chi connectivity index (χ1) is 14.2. The molecule has 0 radical (unpaired) electrons. The molecule has 156 valence electrons. The van der Waals surface area contributed by atoms with E-state index in [2.05, 4.69) is 10.0 Å². The Labute approximate surface area is 190 Å². The minimum absolute atomic E-state index is 0.00676. The third-order valence-electron chi connectivity index (χ3n) is 4.21. The quantitative estimate of drug-likeness (QED) is 0.486. The van der Waals surface area contributed by atoms with Crippen LogP contribution in [0.3, 0.4) is 0 Å². The summed E-state index contributed by atoms with van der Waals surface area (Å²) in [5.74, 6) is -0.533. The van der Waals surface area contributed by atoms with Gasteiger partial charge in [-0.25, -0.2) is 8.42 Å². The molecule has 0 bridgehead atoms. The average molecular weight is 484 g/mol. The predicted octanol–water partition coefficient (Wildman–Crippen LogP) is 5.18. The summed E-state index contributed by atoms with van der Waals surface area (Å²) >= 11 is 17.7. The highest BCUT2D eigenvalue weighted by Crippen LogP contribution is 2.25. The molecule has 2 N–H and O–H groups in total. The number of nitrogens with one attached hydrogen (secondary N) is 2. The molecule has 9 heteroatoms. The largest absolute Gasteiger partial charge is 0.325 e. The van der Waals surface area contributed by atoms with Crippen molar-refractivity contribution in [2.75, 3.05) is 5.32 Å². The minimum Gasteiger partial charge on any atom is -0.325 e. The number of rotatable bonds is 7. The average Bonchev–Trinajstić information content (AvgIpc) is 2.71. The van der Waals surface area contributed by atoms with Gasteiger partial charge in [0.2, 0.25) is 15.9 Å². The molecule has 30 heavy (non-hydrogen) atoms. The molecule has 0 aliphatic heterocycles. The van der Waals surface area contributed by atoms with Crippen molar-refractivity contribution in [1.82, 2.24) is 4.72 Å². The number of amides is 1. The van der Waals surface area contributed by atoms with Crippen LogP contribution in [0.4, 0.5) is 5.69 Å². The summed E-state index contributed by atoms with van der Waals surface area (Å²) in [5, 5.41) is 3.71. The Hall–Kier alpha value is -2.09. The Balaban J connectivity index is 1.86. The van der Waals surface area contributed by atoms with Crippen molar-refractivity contribution in [2.24, 2.45) is 0 Å². The zero-order valence-corrected chi connectivity index (χ0v) is 18.6. The smallest absolute Gasteiger partial charge is 0.242 e. The number of anilines is 1. The molecule has 0 aliphatic rings. The van der Waals surface area contributed by atoms with Gasteiger partial charge in [0.15, 0.2) is 0 Å². The van der Waals surface area contributed by atoms with Gasteiger partial charge < -0.3 is 5.32 Å². The van der Waals surface area contributed by atoms with E-state index in [1.54, 1.807) is 12.1 Å². The predicted molar refractivity (Wildman–Crippen MR) is 121 cm³/mol. The summed E-state index contributed by atoms with van der Waals surface area (Å²) in [7, 11) is -3.97. The van der Waals surface area contributed by atoms with E-state index in [1.807, 2.05) is 30.3 Å². The molecule has 0 aliphatic carbocycles. The van der Waals surface area contributed by atoms with Crippen molar-refractivity contribution in [1.29, 1.82) is 0 Å². The van der Waals surface area contributed by atoms with Crippen LogP contribution in [0.2, 0.25) is 15.1 Å². The number of benzene rings is 3. The molecule has 5 nitrogen and oxygen atoms in total. The second-order valence-corrected chi connectivity index (χ2v) is 9.40. The third kappa shape index (κ3) is 5.97. The fraction of sp³-hybridized carbons (Fsp3) is 0.0952. The summed E-state index contributed by atoms with van der Waals surface area (Å²) in [6.07, 6.45) is 0.154. The van der Waals surface area contributed by atoms with E-state index in [0.29, 0.717) is 15.7 Å². The van der Waals surface area contributed by atoms with Crippen molar-refractivity contribution in [3.05, 3.63) is 93.4 Å². The van der Waals surface area contributed by atoms with Crippen LogP contribution < -0.4 is 10.0 Å². The lowest BCUT2D eigenvalue weighted by atomic mass is 10.1. The highest BCUT2D eigenvalue weighted by molar-refractivity contribution is 7.89. The van der Waals surface area contributed by atoms with E-state index >= 15 is 0 Å². The zero-order chi connectivity index (χ0) is 21.7. The van der Waals surface area contributed by atoms with Crippen molar-refractivity contribution >= 4 is 56.4 Å². The summed E-state index contributed by atoms with van der Waals surface area (Å²) in [6, 6.07) is 18.4. The first-order valence-corrected chi connectivity index (χ1v) is 11.4. The van der Waals surface area contributed by atoms with Crippen LogP contribution in [0.25, 0.3) is 0 Å². The maximum absolute atomic E-state index is 12.9. The molecule has 0 heterocycles. The molecule has 1 unspecified atom stereocenters. The SMILES string of the molecule is O=C(Nc1ccc(Cl)c(Cl)c1)C(Cc1ccccc1)NS(=O)(=O)c1ccc(Cl)cc1. The van der Waals surface area contributed by atoms with Gasteiger partial charge in [0.1, 0.15) is 6.04 Å². The number of sulfonamides is 1. The number of carbonyl (C=O) groups excluding carboxylic acids is 1. The Morgan fingerprint density at radius 2 is 1.53 bits per heavy atom. The molecule has 0 aromatic heterocycles. The Morgan fingerprint density at radius 1 is 0.867 bits per heavy atom. The van der Waals surface area contributed by atoms with Crippen molar-refractivity contribution in [3.8, 4) is 0 Å². The van der Waals surface area contributed by atoms with E-state index < -0.39 is 22.0 Å². The van der Waals surface area contributed by atoms with Crippen LogP contribution in [-0.2, 0) is 21.2 Å². The van der Waals surface area contributed by atoms with Gasteiger partial charge in [-0.15, -0.1) is 0 Å². The normalized spacial score (nSPS) is 12.4. The van der Waals surface area contributed by atoms with Gasteiger partial charge in [-0.2, -0.15) is 4.72 Å². The molecule has 3 aromatic rings. The van der Waals surface area contributed by atoms with Gasteiger partial charge >= 0.3 is 0 Å². The van der Waals surface area contributed by atoms with Gasteiger partial charge in [0, 0.05) is 10.7 Å². The van der Waals surface area contributed by atoms with E-state index in [0.717, 1.165) is 5.56 Å². The molecule has 3 rings (SSSR count). The molecule has 0 saturated carbocycles. The molecule has 1 amide bonds. The van der Waals surface area contributed by atoms with E-state index in [4.69, 9.17) is 34.8 Å². The second kappa shape index (κ2) is 9.81. The number of hydrogen-bond acceptors (Lipinski definition) is 3. The van der Waals surface area contributed by atoms with Crippen LogP contribution in [0.1, 0.15) is 5.56 Å². The minimum atomic E-state index is -3.97. The number of hydrogen-bond donors (Lipinski definition) is 2. The van der Waals surface area contributed by atoms with Gasteiger partial charge in [0.25, 0.3) is 0 Å². The molecule has 0 spiro atoms. The summed E-state index contributed by atoms with van der Waals surface area (Å²) in [4.78, 5) is 12.9. The van der Waals surface area contributed by atoms with Crippen molar-refractivity contribution in [2.45, 2.75) is 17.4 Å². The summed E-state index contributed by atoms with van der Waals surface area (Å²) in [5.41, 5.74) is 1.20. The summed E-state index contributed by atoms with van der Waals surface area (Å²) in [6.45, 7) is 0. The molecule has 3 aromatic carbocycles. The standard InChI is InChI=1S/C21H17Cl3N2O3S/c22-15-6-9-17(10-7-15)30(28,29)26-20(12-14-4-2-1-3-5-14)21(27)25-16-8-11-18(23)19(24)13-16/h1-11,13,20,26H,12H2,(H,25,27). The maximum Gasteiger partial charge on any atom is 0.242 e. The molecule has 1 atom stereocenters. The van der Waals surface area contributed by atoms with Crippen LogP contribution in [0.15, 0.2) is 77.7 Å². The Morgan fingerprint density at radius 3 is 2.17 bits per heavy atom. The zero-order valence-electron chi connectivity index (χ0n) is 15.5. The Bertz CT molecular complexity index is 1140. The molecular formula is C21H17Cl3N2O3S. The maximum atomic E-state index is 12.9. The first kappa shape index (κ1) is 22.6. The fourth-order valence-corrected chi connectivity index (χ4v) is 4.33. The topological polar surface area (TPSA) is 75.3 Å². The molecular weight excluding hydrogens is 467 g/mol.